The van der Waals surface area contributed by atoms with Crippen LogP contribution in [0.5, 0.6) is 0 Å². The largest absolute Gasteiger partial charge is 0.335 e. The Morgan fingerprint density at radius 3 is 2.37 bits per heavy atom. The zero-order valence-corrected chi connectivity index (χ0v) is 10.3. The molecule has 1 aliphatic rings. The summed E-state index contributed by atoms with van der Waals surface area (Å²) in [4.78, 5) is 26.5. The standard InChI is InChI=1S/C12H15FN4O2/c13-10-3-1-2-9(8-10)11(18)16-4-6-17(7-5-16)12(19)15-14/h1-3,8H,4-7,14H2,(H,15,19). The van der Waals surface area contributed by atoms with Gasteiger partial charge in [0.25, 0.3) is 5.91 Å². The van der Waals surface area contributed by atoms with Crippen LogP contribution in [0.25, 0.3) is 0 Å². The molecule has 1 aromatic carbocycles. The summed E-state index contributed by atoms with van der Waals surface area (Å²) in [5, 5.41) is 0. The van der Waals surface area contributed by atoms with E-state index in [-0.39, 0.29) is 11.9 Å². The van der Waals surface area contributed by atoms with Crippen molar-refractivity contribution in [3.8, 4) is 0 Å². The average molecular weight is 266 g/mol. The summed E-state index contributed by atoms with van der Waals surface area (Å²) in [6.45, 7) is 1.62. The number of hydrazine groups is 1. The molecular weight excluding hydrogens is 251 g/mol. The van der Waals surface area contributed by atoms with Gasteiger partial charge in [0.2, 0.25) is 0 Å². The first kappa shape index (κ1) is 13.3. The highest BCUT2D eigenvalue weighted by Crippen LogP contribution is 2.10. The van der Waals surface area contributed by atoms with Gasteiger partial charge in [-0.3, -0.25) is 10.2 Å². The third-order valence-electron chi connectivity index (χ3n) is 3.05. The predicted octanol–water partition coefficient (Wildman–Crippen LogP) is 0.167. The number of amides is 3. The van der Waals surface area contributed by atoms with Crippen LogP contribution in [0, 0.1) is 5.82 Å². The molecule has 1 heterocycles. The van der Waals surface area contributed by atoms with Gasteiger partial charge >= 0.3 is 6.03 Å². The molecule has 7 heteroatoms. The van der Waals surface area contributed by atoms with Crippen LogP contribution in [-0.2, 0) is 0 Å². The van der Waals surface area contributed by atoms with Crippen molar-refractivity contribution < 1.29 is 14.0 Å². The Morgan fingerprint density at radius 2 is 1.79 bits per heavy atom. The predicted molar refractivity (Wildman–Crippen MR) is 66.6 cm³/mol. The van der Waals surface area contributed by atoms with E-state index in [1.807, 2.05) is 0 Å². The van der Waals surface area contributed by atoms with E-state index in [4.69, 9.17) is 5.84 Å². The van der Waals surface area contributed by atoms with Crippen LogP contribution in [0.15, 0.2) is 24.3 Å². The molecule has 0 unspecified atom stereocenters. The Kier molecular flexibility index (Phi) is 3.96. The summed E-state index contributed by atoms with van der Waals surface area (Å²) in [6.07, 6.45) is 0. The normalized spacial score (nSPS) is 15.3. The highest BCUT2D eigenvalue weighted by molar-refractivity contribution is 5.94. The molecule has 19 heavy (non-hydrogen) atoms. The van der Waals surface area contributed by atoms with Crippen molar-refractivity contribution in [3.63, 3.8) is 0 Å². The fraction of sp³-hybridized carbons (Fsp3) is 0.333. The minimum atomic E-state index is -0.438. The lowest BCUT2D eigenvalue weighted by atomic mass is 10.2. The summed E-state index contributed by atoms with van der Waals surface area (Å²) < 4.78 is 13.1. The zero-order chi connectivity index (χ0) is 13.8. The average Bonchev–Trinajstić information content (AvgIpc) is 2.46. The second kappa shape index (κ2) is 5.66. The number of nitrogens with two attached hydrogens (primary N) is 1. The molecule has 1 saturated heterocycles. The maximum Gasteiger partial charge on any atom is 0.331 e. The number of carbonyl (C=O) groups excluding carboxylic acids is 2. The van der Waals surface area contributed by atoms with Gasteiger partial charge < -0.3 is 9.80 Å². The number of carbonyl (C=O) groups is 2. The molecule has 3 amide bonds. The van der Waals surface area contributed by atoms with E-state index in [9.17, 15) is 14.0 Å². The van der Waals surface area contributed by atoms with Crippen LogP contribution in [-0.4, -0.2) is 47.9 Å². The maximum atomic E-state index is 13.1. The van der Waals surface area contributed by atoms with Crippen molar-refractivity contribution in [3.05, 3.63) is 35.6 Å². The monoisotopic (exact) mass is 266 g/mol. The smallest absolute Gasteiger partial charge is 0.331 e. The van der Waals surface area contributed by atoms with Crippen LogP contribution >= 0.6 is 0 Å². The van der Waals surface area contributed by atoms with Gasteiger partial charge in [-0.2, -0.15) is 0 Å². The van der Waals surface area contributed by atoms with E-state index >= 15 is 0 Å². The third kappa shape index (κ3) is 3.00. The molecule has 3 N–H and O–H groups in total. The molecule has 6 nitrogen and oxygen atoms in total. The van der Waals surface area contributed by atoms with Crippen LogP contribution in [0.1, 0.15) is 10.4 Å². The van der Waals surface area contributed by atoms with Gasteiger partial charge in [0.05, 0.1) is 0 Å². The van der Waals surface area contributed by atoms with E-state index < -0.39 is 5.82 Å². The Hall–Kier alpha value is -2.15. The van der Waals surface area contributed by atoms with Gasteiger partial charge in [0.15, 0.2) is 0 Å². The first-order valence-electron chi connectivity index (χ1n) is 5.92. The second-order valence-corrected chi connectivity index (χ2v) is 4.24. The molecule has 1 fully saturated rings. The molecule has 102 valence electrons. The fourth-order valence-corrected chi connectivity index (χ4v) is 2.01. The minimum Gasteiger partial charge on any atom is -0.335 e. The lowest BCUT2D eigenvalue weighted by molar-refractivity contribution is 0.0665. The summed E-state index contributed by atoms with van der Waals surface area (Å²) in [7, 11) is 0. The number of halogens is 1. The molecule has 0 aliphatic carbocycles. The minimum absolute atomic E-state index is 0.229. The van der Waals surface area contributed by atoms with Gasteiger partial charge in [0.1, 0.15) is 5.82 Å². The molecule has 0 aromatic heterocycles. The molecule has 2 rings (SSSR count). The molecule has 0 saturated carbocycles. The Balaban J connectivity index is 1.98. The number of urea groups is 1. The van der Waals surface area contributed by atoms with E-state index in [0.29, 0.717) is 31.7 Å². The molecule has 0 radical (unpaired) electrons. The number of piperazine rings is 1. The van der Waals surface area contributed by atoms with Crippen LogP contribution < -0.4 is 11.3 Å². The van der Waals surface area contributed by atoms with Crippen molar-refractivity contribution >= 4 is 11.9 Å². The van der Waals surface area contributed by atoms with Crippen molar-refractivity contribution in [2.45, 2.75) is 0 Å². The van der Waals surface area contributed by atoms with E-state index in [1.54, 1.807) is 11.0 Å². The number of hydrogen-bond acceptors (Lipinski definition) is 3. The van der Waals surface area contributed by atoms with Gasteiger partial charge in [0, 0.05) is 31.7 Å². The maximum absolute atomic E-state index is 13.1. The van der Waals surface area contributed by atoms with Crippen LogP contribution in [0.3, 0.4) is 0 Å². The molecular formula is C12H15FN4O2. The first-order chi connectivity index (χ1) is 9.11. The first-order valence-corrected chi connectivity index (χ1v) is 5.92. The topological polar surface area (TPSA) is 78.7 Å². The van der Waals surface area contributed by atoms with Crippen molar-refractivity contribution in [2.24, 2.45) is 5.84 Å². The molecule has 1 aliphatic heterocycles. The lowest BCUT2D eigenvalue weighted by Gasteiger charge is -2.34. The van der Waals surface area contributed by atoms with E-state index in [1.165, 1.54) is 23.1 Å². The van der Waals surface area contributed by atoms with Gasteiger partial charge in [-0.15, -0.1) is 0 Å². The highest BCUT2D eigenvalue weighted by Gasteiger charge is 2.24. The quantitative estimate of drug-likeness (QED) is 0.432. The number of nitrogens with zero attached hydrogens (tertiary/aromatic N) is 2. The summed E-state index contributed by atoms with van der Waals surface area (Å²) in [6, 6.07) is 5.21. The van der Waals surface area contributed by atoms with Gasteiger partial charge in [-0.25, -0.2) is 15.0 Å². The molecule has 0 bridgehead atoms. The molecule has 0 atom stereocenters. The number of nitrogens with one attached hydrogen (secondary N) is 1. The van der Waals surface area contributed by atoms with E-state index in [0.717, 1.165) is 0 Å². The van der Waals surface area contributed by atoms with Crippen LogP contribution in [0.2, 0.25) is 0 Å². The Bertz CT molecular complexity index is 486. The second-order valence-electron chi connectivity index (χ2n) is 4.24. The highest BCUT2D eigenvalue weighted by atomic mass is 19.1. The van der Waals surface area contributed by atoms with E-state index in [2.05, 4.69) is 5.43 Å². The van der Waals surface area contributed by atoms with Crippen molar-refractivity contribution in [1.29, 1.82) is 0 Å². The number of rotatable bonds is 1. The SMILES string of the molecule is NNC(=O)N1CCN(C(=O)c2cccc(F)c2)CC1. The zero-order valence-electron chi connectivity index (χ0n) is 10.3. The lowest BCUT2D eigenvalue weighted by Crippen LogP contribution is -2.54. The van der Waals surface area contributed by atoms with Crippen molar-refractivity contribution in [1.82, 2.24) is 15.2 Å². The summed E-state index contributed by atoms with van der Waals surface area (Å²) in [5.74, 6) is 4.37. The van der Waals surface area contributed by atoms with Crippen LogP contribution in [0.4, 0.5) is 9.18 Å². The Labute approximate surface area is 109 Å². The fourth-order valence-electron chi connectivity index (χ4n) is 2.01. The Morgan fingerprint density at radius 1 is 1.16 bits per heavy atom. The van der Waals surface area contributed by atoms with Gasteiger partial charge in [-0.1, -0.05) is 6.07 Å². The number of benzene rings is 1. The summed E-state index contributed by atoms with van der Waals surface area (Å²) in [5.41, 5.74) is 2.37. The molecule has 0 spiro atoms. The third-order valence-corrected chi connectivity index (χ3v) is 3.05. The van der Waals surface area contributed by atoms with Crippen molar-refractivity contribution in [2.75, 3.05) is 26.2 Å². The summed E-state index contributed by atoms with van der Waals surface area (Å²) >= 11 is 0. The van der Waals surface area contributed by atoms with Gasteiger partial charge in [-0.05, 0) is 18.2 Å². The molecule has 1 aromatic rings. The number of hydrogen-bond donors (Lipinski definition) is 2.